The Hall–Kier alpha value is -1.75. The Morgan fingerprint density at radius 3 is 2.81 bits per heavy atom. The van der Waals surface area contributed by atoms with E-state index in [0.717, 1.165) is 43.9 Å². The molecule has 0 spiro atoms. The molecule has 1 atom stereocenters. The first-order chi connectivity index (χ1) is 10.3. The Morgan fingerprint density at radius 2 is 2.10 bits per heavy atom. The van der Waals surface area contributed by atoms with Crippen molar-refractivity contribution in [1.82, 2.24) is 25.1 Å². The summed E-state index contributed by atoms with van der Waals surface area (Å²) < 4.78 is 1.95. The minimum atomic E-state index is 0.190. The maximum absolute atomic E-state index is 4.62. The standard InChI is InChI=1S/C16H25N5/c1-4-9-17-14(11-15-19-12-20-21(15)6-3)16-13(5-2)8-7-10-18-16/h7-8,10,12,14,17H,4-6,9,11H2,1-3H3. The second-order valence-corrected chi connectivity index (χ2v) is 5.10. The van der Waals surface area contributed by atoms with Crippen molar-refractivity contribution in [3.05, 3.63) is 41.7 Å². The van der Waals surface area contributed by atoms with Crippen LogP contribution in [0.4, 0.5) is 0 Å². The first-order valence-corrected chi connectivity index (χ1v) is 7.83. The number of aromatic nitrogens is 4. The lowest BCUT2D eigenvalue weighted by Crippen LogP contribution is -2.27. The predicted molar refractivity (Wildman–Crippen MR) is 84.0 cm³/mol. The van der Waals surface area contributed by atoms with Gasteiger partial charge in [0, 0.05) is 19.2 Å². The SMILES string of the molecule is CCCNC(Cc1ncnn1CC)c1ncccc1CC. The highest BCUT2D eigenvalue weighted by Gasteiger charge is 2.18. The van der Waals surface area contributed by atoms with Gasteiger partial charge in [-0.3, -0.25) is 9.67 Å². The van der Waals surface area contributed by atoms with Crippen LogP contribution in [0.3, 0.4) is 0 Å². The van der Waals surface area contributed by atoms with Gasteiger partial charge < -0.3 is 5.32 Å². The summed E-state index contributed by atoms with van der Waals surface area (Å²) in [6.45, 7) is 8.26. The molecule has 2 heterocycles. The monoisotopic (exact) mass is 287 g/mol. The number of nitrogens with one attached hydrogen (secondary N) is 1. The summed E-state index contributed by atoms with van der Waals surface area (Å²) in [5.41, 5.74) is 2.44. The van der Waals surface area contributed by atoms with Crippen LogP contribution < -0.4 is 5.32 Å². The van der Waals surface area contributed by atoms with Crippen molar-refractivity contribution in [3.63, 3.8) is 0 Å². The van der Waals surface area contributed by atoms with Crippen molar-refractivity contribution in [2.75, 3.05) is 6.54 Å². The third kappa shape index (κ3) is 3.88. The minimum Gasteiger partial charge on any atom is -0.308 e. The van der Waals surface area contributed by atoms with E-state index in [4.69, 9.17) is 0 Å². The van der Waals surface area contributed by atoms with Crippen LogP contribution in [0.5, 0.6) is 0 Å². The normalized spacial score (nSPS) is 12.5. The van der Waals surface area contributed by atoms with Crippen LogP contribution in [0.25, 0.3) is 0 Å². The summed E-state index contributed by atoms with van der Waals surface area (Å²) >= 11 is 0. The van der Waals surface area contributed by atoms with Crippen LogP contribution in [-0.2, 0) is 19.4 Å². The maximum atomic E-state index is 4.62. The average molecular weight is 287 g/mol. The Bertz CT molecular complexity index is 549. The van der Waals surface area contributed by atoms with E-state index in [1.807, 2.05) is 16.9 Å². The quantitative estimate of drug-likeness (QED) is 0.810. The van der Waals surface area contributed by atoms with Gasteiger partial charge in [-0.1, -0.05) is 19.9 Å². The molecule has 0 aliphatic rings. The highest BCUT2D eigenvalue weighted by Crippen LogP contribution is 2.20. The van der Waals surface area contributed by atoms with E-state index in [2.05, 4.69) is 47.2 Å². The van der Waals surface area contributed by atoms with Gasteiger partial charge in [-0.25, -0.2) is 4.98 Å². The van der Waals surface area contributed by atoms with Gasteiger partial charge in [-0.15, -0.1) is 0 Å². The molecule has 0 saturated heterocycles. The van der Waals surface area contributed by atoms with Gasteiger partial charge in [0.15, 0.2) is 0 Å². The molecular formula is C16H25N5. The fraction of sp³-hybridized carbons (Fsp3) is 0.562. The summed E-state index contributed by atoms with van der Waals surface area (Å²) in [5.74, 6) is 1.01. The smallest absolute Gasteiger partial charge is 0.138 e. The fourth-order valence-corrected chi connectivity index (χ4v) is 2.54. The fourth-order valence-electron chi connectivity index (χ4n) is 2.54. The zero-order valence-electron chi connectivity index (χ0n) is 13.2. The minimum absolute atomic E-state index is 0.190. The van der Waals surface area contributed by atoms with E-state index in [1.54, 1.807) is 6.33 Å². The summed E-state index contributed by atoms with van der Waals surface area (Å²) in [7, 11) is 0. The molecule has 5 heteroatoms. The summed E-state index contributed by atoms with van der Waals surface area (Å²) in [4.78, 5) is 9.02. The number of pyridine rings is 1. The maximum Gasteiger partial charge on any atom is 0.138 e. The molecule has 0 aliphatic carbocycles. The third-order valence-electron chi connectivity index (χ3n) is 3.66. The van der Waals surface area contributed by atoms with Crippen LogP contribution in [0.1, 0.15) is 50.3 Å². The van der Waals surface area contributed by atoms with Crippen molar-refractivity contribution < 1.29 is 0 Å². The van der Waals surface area contributed by atoms with Gasteiger partial charge in [0.2, 0.25) is 0 Å². The van der Waals surface area contributed by atoms with E-state index in [0.29, 0.717) is 0 Å². The van der Waals surface area contributed by atoms with Gasteiger partial charge in [0.25, 0.3) is 0 Å². The molecule has 0 bridgehead atoms. The third-order valence-corrected chi connectivity index (χ3v) is 3.66. The van der Waals surface area contributed by atoms with E-state index < -0.39 is 0 Å². The van der Waals surface area contributed by atoms with Gasteiger partial charge in [0.1, 0.15) is 12.2 Å². The summed E-state index contributed by atoms with van der Waals surface area (Å²) in [6.07, 6.45) is 6.42. The van der Waals surface area contributed by atoms with E-state index in [1.165, 1.54) is 5.56 Å². The molecule has 0 aliphatic heterocycles. The molecule has 2 rings (SSSR count). The number of nitrogens with zero attached hydrogens (tertiary/aromatic N) is 4. The van der Waals surface area contributed by atoms with Crippen LogP contribution in [0, 0.1) is 0 Å². The molecule has 0 saturated carbocycles. The molecule has 2 aromatic rings. The molecule has 0 aromatic carbocycles. The Labute approximate surface area is 126 Å². The second-order valence-electron chi connectivity index (χ2n) is 5.10. The number of aryl methyl sites for hydroxylation is 2. The Kier molecular flexibility index (Phi) is 5.87. The molecule has 1 N–H and O–H groups in total. The largest absolute Gasteiger partial charge is 0.308 e. The lowest BCUT2D eigenvalue weighted by atomic mass is 10.0. The molecule has 0 radical (unpaired) electrons. The van der Waals surface area contributed by atoms with Crippen molar-refractivity contribution in [2.45, 2.75) is 52.6 Å². The number of hydrogen-bond acceptors (Lipinski definition) is 4. The lowest BCUT2D eigenvalue weighted by Gasteiger charge is -2.20. The molecule has 2 aromatic heterocycles. The average Bonchev–Trinajstić information content (AvgIpc) is 2.98. The summed E-state index contributed by atoms with van der Waals surface area (Å²) in [5, 5.41) is 7.87. The first kappa shape index (κ1) is 15.6. The number of hydrogen-bond donors (Lipinski definition) is 1. The van der Waals surface area contributed by atoms with Crippen molar-refractivity contribution >= 4 is 0 Å². The molecule has 0 fully saturated rings. The van der Waals surface area contributed by atoms with E-state index in [9.17, 15) is 0 Å². The van der Waals surface area contributed by atoms with E-state index >= 15 is 0 Å². The Morgan fingerprint density at radius 1 is 1.24 bits per heavy atom. The van der Waals surface area contributed by atoms with Gasteiger partial charge in [-0.2, -0.15) is 5.10 Å². The highest BCUT2D eigenvalue weighted by molar-refractivity contribution is 5.23. The molecular weight excluding hydrogens is 262 g/mol. The second kappa shape index (κ2) is 7.88. The van der Waals surface area contributed by atoms with Crippen LogP contribution in [-0.4, -0.2) is 26.3 Å². The zero-order valence-corrected chi connectivity index (χ0v) is 13.2. The topological polar surface area (TPSA) is 55.6 Å². The van der Waals surface area contributed by atoms with Gasteiger partial charge >= 0.3 is 0 Å². The predicted octanol–water partition coefficient (Wildman–Crippen LogP) is 2.54. The van der Waals surface area contributed by atoms with Crippen LogP contribution in [0.15, 0.2) is 24.7 Å². The van der Waals surface area contributed by atoms with Crippen LogP contribution in [0.2, 0.25) is 0 Å². The first-order valence-electron chi connectivity index (χ1n) is 7.83. The molecule has 21 heavy (non-hydrogen) atoms. The number of rotatable bonds is 8. The van der Waals surface area contributed by atoms with E-state index in [-0.39, 0.29) is 6.04 Å². The zero-order chi connectivity index (χ0) is 15.1. The molecule has 5 nitrogen and oxygen atoms in total. The Balaban J connectivity index is 2.25. The molecule has 1 unspecified atom stereocenters. The lowest BCUT2D eigenvalue weighted by molar-refractivity contribution is 0.485. The van der Waals surface area contributed by atoms with Crippen LogP contribution >= 0.6 is 0 Å². The molecule has 114 valence electrons. The van der Waals surface area contributed by atoms with Crippen molar-refractivity contribution in [2.24, 2.45) is 0 Å². The van der Waals surface area contributed by atoms with Gasteiger partial charge in [-0.05, 0) is 37.9 Å². The van der Waals surface area contributed by atoms with Crippen molar-refractivity contribution in [1.29, 1.82) is 0 Å². The summed E-state index contributed by atoms with van der Waals surface area (Å²) in [6, 6.07) is 4.36. The molecule has 0 amide bonds. The van der Waals surface area contributed by atoms with Gasteiger partial charge in [0.05, 0.1) is 11.7 Å². The highest BCUT2D eigenvalue weighted by atomic mass is 15.3. The van der Waals surface area contributed by atoms with Crippen molar-refractivity contribution in [3.8, 4) is 0 Å².